The van der Waals surface area contributed by atoms with Crippen LogP contribution in [0.15, 0.2) is 0 Å². The van der Waals surface area contributed by atoms with Gasteiger partial charge in [-0.3, -0.25) is 19.3 Å². The van der Waals surface area contributed by atoms with E-state index >= 15 is 0 Å². The van der Waals surface area contributed by atoms with Crippen molar-refractivity contribution in [1.29, 1.82) is 0 Å². The molecule has 1 aliphatic heterocycles. The number of nitrogens with zero attached hydrogens (tertiary/aromatic N) is 1. The van der Waals surface area contributed by atoms with E-state index in [1.807, 2.05) is 0 Å². The maximum atomic E-state index is 12.1. The predicted molar refractivity (Wildman–Crippen MR) is 64.3 cm³/mol. The number of carbonyl (C=O) groups is 3. The Morgan fingerprint density at radius 3 is 2.61 bits per heavy atom. The molecule has 3 N–H and O–H groups in total. The van der Waals surface area contributed by atoms with Crippen molar-refractivity contribution >= 4 is 17.7 Å². The molecular weight excluding hydrogens is 234 g/mol. The van der Waals surface area contributed by atoms with E-state index in [1.165, 1.54) is 7.05 Å². The van der Waals surface area contributed by atoms with Crippen LogP contribution in [0.25, 0.3) is 0 Å². The SMILES string of the molecule is CN1C(=O)CCC(NC(=O)C2(N)CCCC2)C1=O. The van der Waals surface area contributed by atoms with Gasteiger partial charge in [0.1, 0.15) is 6.04 Å². The molecular formula is C12H19N3O3. The van der Waals surface area contributed by atoms with Crippen molar-refractivity contribution < 1.29 is 14.4 Å². The molecule has 3 amide bonds. The maximum absolute atomic E-state index is 12.1. The Hall–Kier alpha value is -1.43. The lowest BCUT2D eigenvalue weighted by atomic mass is 9.96. The lowest BCUT2D eigenvalue weighted by Crippen LogP contribution is -2.59. The largest absolute Gasteiger partial charge is 0.343 e. The number of likely N-dealkylation sites (tertiary alicyclic amines) is 1. The number of imide groups is 1. The molecule has 100 valence electrons. The molecule has 0 aromatic carbocycles. The number of nitrogens with one attached hydrogen (secondary N) is 1. The van der Waals surface area contributed by atoms with E-state index in [-0.39, 0.29) is 24.1 Å². The van der Waals surface area contributed by atoms with E-state index in [4.69, 9.17) is 5.73 Å². The van der Waals surface area contributed by atoms with E-state index in [1.54, 1.807) is 0 Å². The molecule has 1 saturated heterocycles. The molecule has 2 aliphatic rings. The lowest BCUT2D eigenvalue weighted by Gasteiger charge is -2.31. The van der Waals surface area contributed by atoms with Crippen molar-refractivity contribution in [3.63, 3.8) is 0 Å². The van der Waals surface area contributed by atoms with Gasteiger partial charge in [0.15, 0.2) is 0 Å². The van der Waals surface area contributed by atoms with Gasteiger partial charge >= 0.3 is 0 Å². The van der Waals surface area contributed by atoms with Crippen LogP contribution in [-0.2, 0) is 14.4 Å². The van der Waals surface area contributed by atoms with Crippen LogP contribution in [0.2, 0.25) is 0 Å². The van der Waals surface area contributed by atoms with Gasteiger partial charge in [-0.2, -0.15) is 0 Å². The van der Waals surface area contributed by atoms with Crippen molar-refractivity contribution in [3.05, 3.63) is 0 Å². The highest BCUT2D eigenvalue weighted by Crippen LogP contribution is 2.27. The summed E-state index contributed by atoms with van der Waals surface area (Å²) in [6.07, 6.45) is 3.86. The molecule has 1 saturated carbocycles. The third-order valence-electron chi connectivity index (χ3n) is 3.90. The summed E-state index contributed by atoms with van der Waals surface area (Å²) < 4.78 is 0. The molecule has 6 nitrogen and oxygen atoms in total. The molecule has 1 aliphatic carbocycles. The summed E-state index contributed by atoms with van der Waals surface area (Å²) in [7, 11) is 1.44. The fourth-order valence-electron chi connectivity index (χ4n) is 2.58. The van der Waals surface area contributed by atoms with Crippen LogP contribution in [0.3, 0.4) is 0 Å². The molecule has 0 bridgehead atoms. The summed E-state index contributed by atoms with van der Waals surface area (Å²) in [5.74, 6) is -0.809. The first-order valence-corrected chi connectivity index (χ1v) is 6.34. The Bertz CT molecular complexity index is 388. The number of piperidine rings is 1. The Balaban J connectivity index is 1.99. The standard InChI is InChI=1S/C12H19N3O3/c1-15-9(16)5-4-8(10(15)17)14-11(18)12(13)6-2-3-7-12/h8H,2-7,13H2,1H3,(H,14,18). The topological polar surface area (TPSA) is 92.5 Å². The van der Waals surface area contributed by atoms with Gasteiger partial charge in [0.05, 0.1) is 5.54 Å². The molecule has 1 heterocycles. The first-order valence-electron chi connectivity index (χ1n) is 6.34. The zero-order valence-corrected chi connectivity index (χ0v) is 10.6. The summed E-state index contributed by atoms with van der Waals surface area (Å²) in [5, 5.41) is 2.69. The zero-order chi connectivity index (χ0) is 13.3. The van der Waals surface area contributed by atoms with Gasteiger partial charge in [-0.25, -0.2) is 0 Å². The number of rotatable bonds is 2. The third kappa shape index (κ3) is 2.25. The third-order valence-corrected chi connectivity index (χ3v) is 3.90. The van der Waals surface area contributed by atoms with E-state index in [9.17, 15) is 14.4 Å². The Morgan fingerprint density at radius 1 is 1.39 bits per heavy atom. The Labute approximate surface area is 106 Å². The van der Waals surface area contributed by atoms with Crippen molar-refractivity contribution in [2.45, 2.75) is 50.1 Å². The number of nitrogens with two attached hydrogens (primary N) is 1. The van der Waals surface area contributed by atoms with Crippen molar-refractivity contribution in [3.8, 4) is 0 Å². The van der Waals surface area contributed by atoms with Crippen LogP contribution >= 0.6 is 0 Å². The predicted octanol–water partition coefficient (Wildman–Crippen LogP) is -0.478. The van der Waals surface area contributed by atoms with Crippen LogP contribution < -0.4 is 11.1 Å². The molecule has 0 aromatic heterocycles. The minimum atomic E-state index is -0.833. The Kier molecular flexibility index (Phi) is 3.38. The highest BCUT2D eigenvalue weighted by molar-refractivity contribution is 6.02. The lowest BCUT2D eigenvalue weighted by molar-refractivity contribution is -0.149. The quantitative estimate of drug-likeness (QED) is 0.650. The average Bonchev–Trinajstić information content (AvgIpc) is 2.78. The average molecular weight is 253 g/mol. The number of hydrogen-bond donors (Lipinski definition) is 2. The minimum absolute atomic E-state index is 0.200. The van der Waals surface area contributed by atoms with Gasteiger partial charge < -0.3 is 11.1 Å². The fraction of sp³-hybridized carbons (Fsp3) is 0.750. The molecule has 2 fully saturated rings. The first-order chi connectivity index (χ1) is 8.44. The van der Waals surface area contributed by atoms with Gasteiger partial charge in [0, 0.05) is 13.5 Å². The fourth-order valence-corrected chi connectivity index (χ4v) is 2.58. The smallest absolute Gasteiger partial charge is 0.251 e. The van der Waals surface area contributed by atoms with Gasteiger partial charge in [0.25, 0.3) is 5.91 Å². The monoisotopic (exact) mass is 253 g/mol. The van der Waals surface area contributed by atoms with Gasteiger partial charge in [-0.15, -0.1) is 0 Å². The van der Waals surface area contributed by atoms with E-state index < -0.39 is 11.6 Å². The van der Waals surface area contributed by atoms with Crippen molar-refractivity contribution in [2.24, 2.45) is 5.73 Å². The molecule has 0 radical (unpaired) electrons. The van der Waals surface area contributed by atoms with E-state index in [0.29, 0.717) is 19.3 Å². The van der Waals surface area contributed by atoms with E-state index in [2.05, 4.69) is 5.32 Å². The van der Waals surface area contributed by atoms with Crippen LogP contribution in [-0.4, -0.2) is 41.2 Å². The summed E-state index contributed by atoms with van der Waals surface area (Å²) in [4.78, 5) is 36.3. The summed E-state index contributed by atoms with van der Waals surface area (Å²) in [6, 6.07) is -0.610. The Morgan fingerprint density at radius 2 is 2.00 bits per heavy atom. The summed E-state index contributed by atoms with van der Waals surface area (Å²) in [5.41, 5.74) is 5.19. The molecule has 18 heavy (non-hydrogen) atoms. The highest BCUT2D eigenvalue weighted by Gasteiger charge is 2.40. The van der Waals surface area contributed by atoms with Gasteiger partial charge in [-0.05, 0) is 19.3 Å². The number of likely N-dealkylation sites (N-methyl/N-ethyl adjacent to an activating group) is 1. The second kappa shape index (κ2) is 4.68. The van der Waals surface area contributed by atoms with E-state index in [0.717, 1.165) is 17.7 Å². The summed E-state index contributed by atoms with van der Waals surface area (Å²) >= 11 is 0. The molecule has 2 rings (SSSR count). The minimum Gasteiger partial charge on any atom is -0.343 e. The number of hydrogen-bond acceptors (Lipinski definition) is 4. The second-order valence-corrected chi connectivity index (χ2v) is 5.22. The van der Waals surface area contributed by atoms with Crippen LogP contribution in [0.5, 0.6) is 0 Å². The summed E-state index contributed by atoms with van der Waals surface area (Å²) in [6.45, 7) is 0. The van der Waals surface area contributed by atoms with Gasteiger partial charge in [-0.1, -0.05) is 12.8 Å². The molecule has 1 atom stereocenters. The van der Waals surface area contributed by atoms with Gasteiger partial charge in [0.2, 0.25) is 11.8 Å². The second-order valence-electron chi connectivity index (χ2n) is 5.22. The van der Waals surface area contributed by atoms with Crippen molar-refractivity contribution in [2.75, 3.05) is 7.05 Å². The molecule has 0 spiro atoms. The number of carbonyl (C=O) groups excluding carboxylic acids is 3. The molecule has 1 unspecified atom stereocenters. The van der Waals surface area contributed by atoms with Crippen LogP contribution in [0, 0.1) is 0 Å². The molecule has 6 heteroatoms. The van der Waals surface area contributed by atoms with Crippen LogP contribution in [0.1, 0.15) is 38.5 Å². The maximum Gasteiger partial charge on any atom is 0.251 e. The molecule has 0 aromatic rings. The normalized spacial score (nSPS) is 27.4. The highest BCUT2D eigenvalue weighted by atomic mass is 16.2. The van der Waals surface area contributed by atoms with Crippen LogP contribution in [0.4, 0.5) is 0 Å². The zero-order valence-electron chi connectivity index (χ0n) is 10.6. The first kappa shape index (κ1) is 13.0. The number of amides is 3. The van der Waals surface area contributed by atoms with Crippen molar-refractivity contribution in [1.82, 2.24) is 10.2 Å².